The fraction of sp³-hybridized carbons (Fsp3) is 0.600. The molecule has 0 N–H and O–H groups in total. The van der Waals surface area contributed by atoms with Crippen molar-refractivity contribution in [2.45, 2.75) is 59.0 Å². The molecule has 88 valence electrons. The lowest BCUT2D eigenvalue weighted by molar-refractivity contribution is 0.327. The van der Waals surface area contributed by atoms with Gasteiger partial charge in [-0.1, -0.05) is 33.1 Å². The van der Waals surface area contributed by atoms with Crippen LogP contribution < -0.4 is 4.74 Å². The van der Waals surface area contributed by atoms with Crippen molar-refractivity contribution >= 4 is 0 Å². The summed E-state index contributed by atoms with van der Waals surface area (Å²) in [5.74, 6) is 1.08. The van der Waals surface area contributed by atoms with E-state index in [0.29, 0.717) is 0 Å². The van der Waals surface area contributed by atoms with Crippen LogP contribution >= 0.6 is 0 Å². The second-order valence-corrected chi connectivity index (χ2v) is 4.72. The predicted molar refractivity (Wildman–Crippen MR) is 68.0 cm³/mol. The summed E-state index contributed by atoms with van der Waals surface area (Å²) in [4.78, 5) is 0. The van der Waals surface area contributed by atoms with Crippen LogP contribution in [-0.4, -0.2) is 0 Å². The zero-order valence-corrected chi connectivity index (χ0v) is 10.5. The summed E-state index contributed by atoms with van der Waals surface area (Å²) in [7, 11) is 0. The Labute approximate surface area is 98.8 Å². The minimum absolute atomic E-state index is 0.804. The fourth-order valence-electron chi connectivity index (χ4n) is 2.50. The van der Waals surface area contributed by atoms with Crippen molar-refractivity contribution in [1.82, 2.24) is 0 Å². The molecule has 0 atom stereocenters. The number of hydrogen-bond acceptors (Lipinski definition) is 1. The Bertz CT molecular complexity index is 355. The molecule has 0 radical (unpaired) electrons. The van der Waals surface area contributed by atoms with Crippen molar-refractivity contribution in [1.29, 1.82) is 0 Å². The Morgan fingerprint density at radius 1 is 1.06 bits per heavy atom. The molecule has 0 aromatic heterocycles. The van der Waals surface area contributed by atoms with E-state index in [1.165, 1.54) is 44.1 Å². The third-order valence-corrected chi connectivity index (χ3v) is 3.35. The van der Waals surface area contributed by atoms with E-state index in [4.69, 9.17) is 4.74 Å². The molecule has 0 fully saturated rings. The Morgan fingerprint density at radius 2 is 1.94 bits per heavy atom. The minimum Gasteiger partial charge on any atom is -0.489 e. The van der Waals surface area contributed by atoms with Gasteiger partial charge < -0.3 is 4.74 Å². The molecule has 1 aliphatic heterocycles. The van der Waals surface area contributed by atoms with Gasteiger partial charge in [-0.05, 0) is 48.1 Å². The summed E-state index contributed by atoms with van der Waals surface area (Å²) in [5, 5.41) is 0. The topological polar surface area (TPSA) is 9.23 Å². The maximum atomic E-state index is 5.62. The van der Waals surface area contributed by atoms with Crippen LogP contribution in [0, 0.1) is 0 Å². The van der Waals surface area contributed by atoms with E-state index in [-0.39, 0.29) is 0 Å². The summed E-state index contributed by atoms with van der Waals surface area (Å²) in [6, 6.07) is 4.48. The number of benzene rings is 1. The van der Waals surface area contributed by atoms with Crippen molar-refractivity contribution in [2.24, 2.45) is 0 Å². The number of unbranched alkanes of at least 4 members (excludes halogenated alkanes) is 2. The predicted octanol–water partition coefficient (Wildman–Crippen LogP) is 4.26. The molecule has 0 amide bonds. The molecule has 1 heteroatoms. The monoisotopic (exact) mass is 218 g/mol. The average Bonchev–Trinajstić information content (AvgIpc) is 2.67. The second-order valence-electron chi connectivity index (χ2n) is 4.72. The maximum Gasteiger partial charge on any atom is 0.120 e. The van der Waals surface area contributed by atoms with Crippen molar-refractivity contribution in [2.75, 3.05) is 0 Å². The number of ether oxygens (including phenoxy) is 1. The van der Waals surface area contributed by atoms with Gasteiger partial charge in [0.15, 0.2) is 0 Å². The minimum atomic E-state index is 0.804. The molecule has 0 unspecified atom stereocenters. The van der Waals surface area contributed by atoms with Gasteiger partial charge in [0.2, 0.25) is 0 Å². The highest BCUT2D eigenvalue weighted by molar-refractivity contribution is 5.45. The molecule has 1 aromatic carbocycles. The molecule has 1 heterocycles. The molecule has 0 saturated carbocycles. The summed E-state index contributed by atoms with van der Waals surface area (Å²) in [6.07, 6.45) is 7.62. The SMILES string of the molecule is CCCCCc1cc2cc(c1CCC)CO2. The van der Waals surface area contributed by atoms with Crippen LogP contribution in [-0.2, 0) is 19.4 Å². The van der Waals surface area contributed by atoms with E-state index in [9.17, 15) is 0 Å². The lowest BCUT2D eigenvalue weighted by Gasteiger charge is -2.09. The smallest absolute Gasteiger partial charge is 0.120 e. The first-order valence-corrected chi connectivity index (χ1v) is 6.62. The largest absolute Gasteiger partial charge is 0.489 e. The van der Waals surface area contributed by atoms with Crippen molar-refractivity contribution < 1.29 is 4.74 Å². The van der Waals surface area contributed by atoms with Crippen molar-refractivity contribution in [3.63, 3.8) is 0 Å². The first-order chi connectivity index (χ1) is 7.85. The van der Waals surface area contributed by atoms with Crippen LogP contribution in [0.3, 0.4) is 0 Å². The lowest BCUT2D eigenvalue weighted by Crippen LogP contribution is -1.97. The van der Waals surface area contributed by atoms with Crippen LogP contribution in [0.25, 0.3) is 0 Å². The number of hydrogen-bond donors (Lipinski definition) is 0. The van der Waals surface area contributed by atoms with Gasteiger partial charge >= 0.3 is 0 Å². The van der Waals surface area contributed by atoms with E-state index < -0.39 is 0 Å². The normalized spacial score (nSPS) is 12.9. The third kappa shape index (κ3) is 2.40. The second kappa shape index (κ2) is 5.38. The van der Waals surface area contributed by atoms with Crippen LogP contribution in [0.4, 0.5) is 0 Å². The van der Waals surface area contributed by atoms with Crippen molar-refractivity contribution in [3.05, 3.63) is 28.8 Å². The zero-order chi connectivity index (χ0) is 11.4. The standard InChI is InChI=1S/C15H22O/c1-3-5-6-8-12-9-14-10-13(11-16-14)15(12)7-4-2/h9-10H,3-8,11H2,1-2H3. The van der Waals surface area contributed by atoms with Crippen LogP contribution in [0.1, 0.15) is 56.2 Å². The van der Waals surface area contributed by atoms with Gasteiger partial charge in [-0.3, -0.25) is 0 Å². The first kappa shape index (κ1) is 11.5. The molecule has 2 bridgehead atoms. The molecule has 1 aliphatic rings. The van der Waals surface area contributed by atoms with E-state index in [0.717, 1.165) is 12.4 Å². The van der Waals surface area contributed by atoms with Gasteiger partial charge in [-0.15, -0.1) is 0 Å². The summed E-state index contributed by atoms with van der Waals surface area (Å²) < 4.78 is 5.62. The van der Waals surface area contributed by atoms with Gasteiger partial charge in [0.05, 0.1) is 0 Å². The fourth-order valence-corrected chi connectivity index (χ4v) is 2.50. The van der Waals surface area contributed by atoms with Crippen LogP contribution in [0.15, 0.2) is 12.1 Å². The molecule has 1 nitrogen and oxygen atoms in total. The van der Waals surface area contributed by atoms with Gasteiger partial charge in [0, 0.05) is 0 Å². The molecule has 0 aliphatic carbocycles. The molecule has 0 saturated heterocycles. The van der Waals surface area contributed by atoms with E-state index >= 15 is 0 Å². The summed E-state index contributed by atoms with van der Waals surface area (Å²) in [6.45, 7) is 5.32. The first-order valence-electron chi connectivity index (χ1n) is 6.62. The van der Waals surface area contributed by atoms with E-state index in [1.54, 1.807) is 11.1 Å². The maximum absolute atomic E-state index is 5.62. The molecular weight excluding hydrogens is 196 g/mol. The quantitative estimate of drug-likeness (QED) is 0.648. The highest BCUT2D eigenvalue weighted by Crippen LogP contribution is 2.31. The van der Waals surface area contributed by atoms with Gasteiger partial charge in [-0.2, -0.15) is 0 Å². The molecule has 1 aromatic rings. The summed E-state index contributed by atoms with van der Waals surface area (Å²) >= 11 is 0. The van der Waals surface area contributed by atoms with Crippen LogP contribution in [0.2, 0.25) is 0 Å². The van der Waals surface area contributed by atoms with Gasteiger partial charge in [-0.25, -0.2) is 0 Å². The Kier molecular flexibility index (Phi) is 3.87. The van der Waals surface area contributed by atoms with Crippen molar-refractivity contribution in [3.8, 4) is 5.75 Å². The third-order valence-electron chi connectivity index (χ3n) is 3.35. The molecule has 16 heavy (non-hydrogen) atoms. The molecule has 2 rings (SSSR count). The van der Waals surface area contributed by atoms with E-state index in [2.05, 4.69) is 26.0 Å². The molecular formula is C15H22O. The Hall–Kier alpha value is -0.980. The van der Waals surface area contributed by atoms with E-state index in [1.807, 2.05) is 0 Å². The number of fused-ring (bicyclic) bond motifs is 2. The lowest BCUT2D eigenvalue weighted by atomic mass is 9.94. The Balaban J connectivity index is 2.15. The highest BCUT2D eigenvalue weighted by atomic mass is 16.5. The number of aryl methyl sites for hydroxylation is 1. The molecule has 0 spiro atoms. The highest BCUT2D eigenvalue weighted by Gasteiger charge is 2.16. The summed E-state index contributed by atoms with van der Waals surface area (Å²) in [5.41, 5.74) is 4.55. The van der Waals surface area contributed by atoms with Crippen LogP contribution in [0.5, 0.6) is 5.75 Å². The average molecular weight is 218 g/mol. The Morgan fingerprint density at radius 3 is 2.69 bits per heavy atom. The van der Waals surface area contributed by atoms with Gasteiger partial charge in [0.25, 0.3) is 0 Å². The number of rotatable bonds is 6. The van der Waals surface area contributed by atoms with Gasteiger partial charge in [0.1, 0.15) is 12.4 Å². The zero-order valence-electron chi connectivity index (χ0n) is 10.5.